The molecule has 1 aliphatic heterocycles. The Morgan fingerprint density at radius 2 is 2.18 bits per heavy atom. The molecule has 5 nitrogen and oxygen atoms in total. The predicted octanol–water partition coefficient (Wildman–Crippen LogP) is 1.46. The van der Waals surface area contributed by atoms with Gasteiger partial charge in [-0.3, -0.25) is 4.79 Å². The Labute approximate surface area is 138 Å². The van der Waals surface area contributed by atoms with Crippen molar-refractivity contribution in [2.24, 2.45) is 0 Å². The van der Waals surface area contributed by atoms with Crippen LogP contribution in [0.1, 0.15) is 12.0 Å². The average molecular weight is 329 g/mol. The molecule has 0 aliphatic carbocycles. The van der Waals surface area contributed by atoms with Gasteiger partial charge in [0.2, 0.25) is 5.91 Å². The molecule has 1 saturated heterocycles. The topological polar surface area (TPSA) is 50.8 Å². The number of nitrogens with one attached hydrogen (secondary N) is 1. The van der Waals surface area contributed by atoms with Crippen LogP contribution in [-0.2, 0) is 20.8 Å². The molecular formula is C16H25ClN2O3. The summed E-state index contributed by atoms with van der Waals surface area (Å²) in [5.74, 6) is 0.138. The van der Waals surface area contributed by atoms with E-state index in [4.69, 9.17) is 9.47 Å². The molecule has 124 valence electrons. The fourth-order valence-electron chi connectivity index (χ4n) is 2.39. The molecule has 1 aromatic carbocycles. The van der Waals surface area contributed by atoms with Crippen LogP contribution in [0.15, 0.2) is 30.3 Å². The Bertz CT molecular complexity index is 425. The van der Waals surface area contributed by atoms with E-state index in [0.29, 0.717) is 32.7 Å². The molecule has 1 amide bonds. The Balaban J connectivity index is 0.00000242. The van der Waals surface area contributed by atoms with Crippen LogP contribution in [0.5, 0.6) is 0 Å². The first-order valence-corrected chi connectivity index (χ1v) is 7.41. The maximum Gasteiger partial charge on any atom is 0.224 e. The van der Waals surface area contributed by atoms with Gasteiger partial charge >= 0.3 is 0 Å². The first-order chi connectivity index (χ1) is 10.3. The smallest absolute Gasteiger partial charge is 0.224 e. The van der Waals surface area contributed by atoms with E-state index >= 15 is 0 Å². The zero-order chi connectivity index (χ0) is 14.9. The number of methoxy groups -OCH3 is 1. The third kappa shape index (κ3) is 6.32. The van der Waals surface area contributed by atoms with E-state index in [0.717, 1.165) is 18.7 Å². The number of morpholine rings is 1. The fraction of sp³-hybridized carbons (Fsp3) is 0.562. The van der Waals surface area contributed by atoms with Gasteiger partial charge in [0.25, 0.3) is 0 Å². The van der Waals surface area contributed by atoms with Gasteiger partial charge in [0.15, 0.2) is 0 Å². The lowest BCUT2D eigenvalue weighted by atomic mass is 10.1. The second-order valence-corrected chi connectivity index (χ2v) is 5.22. The van der Waals surface area contributed by atoms with Crippen molar-refractivity contribution in [1.82, 2.24) is 10.2 Å². The quantitative estimate of drug-likeness (QED) is 0.823. The van der Waals surface area contributed by atoms with Gasteiger partial charge in [-0.25, -0.2) is 0 Å². The van der Waals surface area contributed by atoms with Crippen molar-refractivity contribution in [3.8, 4) is 0 Å². The van der Waals surface area contributed by atoms with Gasteiger partial charge in [0.1, 0.15) is 0 Å². The SMILES string of the molecule is COCCN(Cc1ccccc1)C(=O)CC1COCCN1.Cl. The molecule has 1 N–H and O–H groups in total. The minimum atomic E-state index is 0. The summed E-state index contributed by atoms with van der Waals surface area (Å²) >= 11 is 0. The summed E-state index contributed by atoms with van der Waals surface area (Å²) in [6, 6.07) is 10.2. The molecule has 0 aromatic heterocycles. The lowest BCUT2D eigenvalue weighted by molar-refractivity contribution is -0.133. The third-order valence-electron chi connectivity index (χ3n) is 3.55. The van der Waals surface area contributed by atoms with Crippen molar-refractivity contribution in [2.75, 3.05) is 40.0 Å². The second-order valence-electron chi connectivity index (χ2n) is 5.22. The van der Waals surface area contributed by atoms with Crippen LogP contribution in [0.3, 0.4) is 0 Å². The predicted molar refractivity (Wildman–Crippen MR) is 88.2 cm³/mol. The molecule has 1 unspecified atom stereocenters. The highest BCUT2D eigenvalue weighted by molar-refractivity contribution is 5.85. The van der Waals surface area contributed by atoms with Crippen LogP contribution < -0.4 is 5.32 Å². The monoisotopic (exact) mass is 328 g/mol. The standard InChI is InChI=1S/C16H24N2O3.ClH/c1-20-10-8-18(12-14-5-3-2-4-6-14)16(19)11-15-13-21-9-7-17-15;/h2-6,15,17H,7-13H2,1H3;1H. The summed E-state index contributed by atoms with van der Waals surface area (Å²) in [7, 11) is 1.65. The molecule has 22 heavy (non-hydrogen) atoms. The van der Waals surface area contributed by atoms with Gasteiger partial charge in [-0.2, -0.15) is 0 Å². The number of nitrogens with zero attached hydrogens (tertiary/aromatic N) is 1. The second kappa shape index (κ2) is 10.6. The number of halogens is 1. The molecule has 0 spiro atoms. The average Bonchev–Trinajstić information content (AvgIpc) is 2.53. The number of ether oxygens (including phenoxy) is 2. The number of hydrogen-bond acceptors (Lipinski definition) is 4. The summed E-state index contributed by atoms with van der Waals surface area (Å²) in [5.41, 5.74) is 1.13. The number of carbonyl (C=O) groups is 1. The lowest BCUT2D eigenvalue weighted by Crippen LogP contribution is -2.45. The maximum atomic E-state index is 12.5. The lowest BCUT2D eigenvalue weighted by Gasteiger charge is -2.27. The van der Waals surface area contributed by atoms with Gasteiger partial charge in [0.05, 0.1) is 19.8 Å². The van der Waals surface area contributed by atoms with E-state index in [2.05, 4.69) is 5.32 Å². The minimum absolute atomic E-state index is 0. The zero-order valence-electron chi connectivity index (χ0n) is 13.0. The van der Waals surface area contributed by atoms with Crippen LogP contribution >= 0.6 is 12.4 Å². The van der Waals surface area contributed by atoms with E-state index in [1.807, 2.05) is 35.2 Å². The molecule has 1 heterocycles. The number of rotatable bonds is 7. The minimum Gasteiger partial charge on any atom is -0.383 e. The maximum absolute atomic E-state index is 12.5. The van der Waals surface area contributed by atoms with E-state index in [1.54, 1.807) is 7.11 Å². The first kappa shape index (κ1) is 18.9. The molecule has 1 atom stereocenters. The summed E-state index contributed by atoms with van der Waals surface area (Å²) in [6.45, 7) is 3.92. The molecule has 0 radical (unpaired) electrons. The van der Waals surface area contributed by atoms with Gasteiger partial charge in [-0.05, 0) is 5.56 Å². The summed E-state index contributed by atoms with van der Waals surface area (Å²) in [4.78, 5) is 14.4. The normalized spacial score (nSPS) is 17.6. The van der Waals surface area contributed by atoms with Crippen LogP contribution in [-0.4, -0.2) is 56.9 Å². The highest BCUT2D eigenvalue weighted by Gasteiger charge is 2.21. The summed E-state index contributed by atoms with van der Waals surface area (Å²) in [6.07, 6.45) is 0.469. The van der Waals surface area contributed by atoms with Crippen LogP contribution in [0.2, 0.25) is 0 Å². The van der Waals surface area contributed by atoms with Crippen molar-refractivity contribution in [3.63, 3.8) is 0 Å². The largest absolute Gasteiger partial charge is 0.383 e. The van der Waals surface area contributed by atoms with Gasteiger partial charge in [0, 0.05) is 39.2 Å². The van der Waals surface area contributed by atoms with Gasteiger partial charge < -0.3 is 19.7 Å². The summed E-state index contributed by atoms with van der Waals surface area (Å²) in [5, 5.41) is 3.32. The molecule has 1 fully saturated rings. The number of benzene rings is 1. The van der Waals surface area contributed by atoms with E-state index < -0.39 is 0 Å². The molecule has 0 bridgehead atoms. The first-order valence-electron chi connectivity index (χ1n) is 7.41. The van der Waals surface area contributed by atoms with Crippen molar-refractivity contribution in [3.05, 3.63) is 35.9 Å². The van der Waals surface area contributed by atoms with E-state index in [1.165, 1.54) is 0 Å². The molecule has 0 saturated carbocycles. The van der Waals surface area contributed by atoms with Gasteiger partial charge in [-0.15, -0.1) is 12.4 Å². The Morgan fingerprint density at radius 3 is 2.82 bits per heavy atom. The van der Waals surface area contributed by atoms with Crippen LogP contribution in [0.4, 0.5) is 0 Å². The molecule has 1 aliphatic rings. The van der Waals surface area contributed by atoms with Gasteiger partial charge in [-0.1, -0.05) is 30.3 Å². The van der Waals surface area contributed by atoms with Crippen molar-refractivity contribution in [2.45, 2.75) is 19.0 Å². The molecule has 6 heteroatoms. The third-order valence-corrected chi connectivity index (χ3v) is 3.55. The van der Waals surface area contributed by atoms with Crippen molar-refractivity contribution < 1.29 is 14.3 Å². The number of carbonyl (C=O) groups excluding carboxylic acids is 1. The Morgan fingerprint density at radius 1 is 1.41 bits per heavy atom. The molecule has 1 aromatic rings. The Kier molecular flexibility index (Phi) is 9.08. The summed E-state index contributed by atoms with van der Waals surface area (Å²) < 4.78 is 10.5. The molecule has 2 rings (SSSR count). The van der Waals surface area contributed by atoms with Crippen molar-refractivity contribution in [1.29, 1.82) is 0 Å². The van der Waals surface area contributed by atoms with E-state index in [9.17, 15) is 4.79 Å². The zero-order valence-corrected chi connectivity index (χ0v) is 13.8. The van der Waals surface area contributed by atoms with Crippen LogP contribution in [0.25, 0.3) is 0 Å². The van der Waals surface area contributed by atoms with Crippen molar-refractivity contribution >= 4 is 18.3 Å². The fourth-order valence-corrected chi connectivity index (χ4v) is 2.39. The number of amides is 1. The highest BCUT2D eigenvalue weighted by atomic mass is 35.5. The van der Waals surface area contributed by atoms with E-state index in [-0.39, 0.29) is 24.4 Å². The number of hydrogen-bond donors (Lipinski definition) is 1. The molecular weight excluding hydrogens is 304 g/mol. The highest BCUT2D eigenvalue weighted by Crippen LogP contribution is 2.08. The Hall–Kier alpha value is -1.14. The van der Waals surface area contributed by atoms with Crippen LogP contribution in [0, 0.1) is 0 Å².